The lowest BCUT2D eigenvalue weighted by molar-refractivity contribution is 0.394. The summed E-state index contributed by atoms with van der Waals surface area (Å²) in [6.07, 6.45) is 1.63. The van der Waals surface area contributed by atoms with Gasteiger partial charge in [-0.3, -0.25) is 0 Å². The quantitative estimate of drug-likeness (QED) is 0.566. The molecule has 0 radical (unpaired) electrons. The van der Waals surface area contributed by atoms with E-state index in [-0.39, 0.29) is 6.04 Å². The van der Waals surface area contributed by atoms with Crippen molar-refractivity contribution in [3.8, 4) is 5.88 Å². The number of hydrogen-bond acceptors (Lipinski definition) is 4. The van der Waals surface area contributed by atoms with E-state index in [1.165, 1.54) is 0 Å². The second-order valence-corrected chi connectivity index (χ2v) is 3.52. The Morgan fingerprint density at radius 3 is 3.00 bits per heavy atom. The highest BCUT2D eigenvalue weighted by atomic mass is 16.5. The number of ether oxygens (including phenoxy) is 1. The molecule has 1 aromatic rings. The third-order valence-corrected chi connectivity index (χ3v) is 1.72. The molecule has 0 fully saturated rings. The van der Waals surface area contributed by atoms with Gasteiger partial charge in [-0.05, 0) is 13.8 Å². The topological polar surface area (TPSA) is 85.4 Å². The van der Waals surface area contributed by atoms with E-state index in [0.29, 0.717) is 24.2 Å². The number of nitrogens with zero attached hydrogens (tertiary/aromatic N) is 3. The molecule has 6 nitrogen and oxygen atoms in total. The lowest BCUT2D eigenvalue weighted by Gasteiger charge is -2.08. The number of aromatic nitrogens is 2. The first-order chi connectivity index (χ1) is 7.61. The second kappa shape index (κ2) is 5.89. The molecule has 0 spiro atoms. The van der Waals surface area contributed by atoms with Crippen LogP contribution in [-0.4, -0.2) is 29.1 Å². The van der Waals surface area contributed by atoms with Crippen LogP contribution in [0.25, 0.3) is 0 Å². The predicted molar refractivity (Wildman–Crippen MR) is 62.2 cm³/mol. The highest BCUT2D eigenvalue weighted by Crippen LogP contribution is 2.04. The minimum absolute atomic E-state index is 0.259. The molecule has 0 unspecified atom stereocenters. The first-order valence-electron chi connectivity index (χ1n) is 5.04. The molecule has 0 amide bonds. The summed E-state index contributed by atoms with van der Waals surface area (Å²) in [5.74, 6) is 1.49. The van der Waals surface area contributed by atoms with Gasteiger partial charge in [-0.1, -0.05) is 0 Å². The van der Waals surface area contributed by atoms with Crippen molar-refractivity contribution in [2.24, 2.45) is 10.7 Å². The zero-order chi connectivity index (χ0) is 12.0. The molecule has 0 atom stereocenters. The van der Waals surface area contributed by atoms with Crippen molar-refractivity contribution in [2.75, 3.05) is 7.11 Å². The zero-order valence-electron chi connectivity index (χ0n) is 9.77. The van der Waals surface area contributed by atoms with Crippen LogP contribution in [0.1, 0.15) is 19.7 Å². The Hall–Kier alpha value is -1.85. The zero-order valence-corrected chi connectivity index (χ0v) is 9.77. The van der Waals surface area contributed by atoms with Gasteiger partial charge in [-0.2, -0.15) is 4.98 Å². The maximum atomic E-state index is 5.65. The van der Waals surface area contributed by atoms with Crippen molar-refractivity contribution in [1.82, 2.24) is 15.3 Å². The largest absolute Gasteiger partial charge is 0.481 e. The van der Waals surface area contributed by atoms with E-state index in [0.717, 1.165) is 0 Å². The average molecular weight is 223 g/mol. The van der Waals surface area contributed by atoms with Crippen LogP contribution in [0.15, 0.2) is 17.3 Å². The summed E-state index contributed by atoms with van der Waals surface area (Å²) in [6, 6.07) is 1.94. The summed E-state index contributed by atoms with van der Waals surface area (Å²) >= 11 is 0. The summed E-state index contributed by atoms with van der Waals surface area (Å²) in [7, 11) is 1.56. The van der Waals surface area contributed by atoms with Gasteiger partial charge in [0.05, 0.1) is 7.11 Å². The molecular weight excluding hydrogens is 206 g/mol. The number of methoxy groups -OCH3 is 1. The Kier molecular flexibility index (Phi) is 4.50. The van der Waals surface area contributed by atoms with Gasteiger partial charge in [0, 0.05) is 18.3 Å². The van der Waals surface area contributed by atoms with E-state index in [9.17, 15) is 0 Å². The number of nitrogens with one attached hydrogen (secondary N) is 1. The summed E-state index contributed by atoms with van der Waals surface area (Å²) < 4.78 is 4.98. The highest BCUT2D eigenvalue weighted by molar-refractivity contribution is 5.77. The number of aliphatic imine (C=N–C) groups is 1. The number of guanidine groups is 1. The fourth-order valence-corrected chi connectivity index (χ4v) is 1.07. The van der Waals surface area contributed by atoms with Crippen LogP contribution >= 0.6 is 0 Å². The van der Waals surface area contributed by atoms with Gasteiger partial charge in [0.25, 0.3) is 0 Å². The van der Waals surface area contributed by atoms with Crippen LogP contribution in [-0.2, 0) is 6.54 Å². The van der Waals surface area contributed by atoms with Gasteiger partial charge in [0.1, 0.15) is 6.54 Å². The van der Waals surface area contributed by atoms with Crippen molar-refractivity contribution in [3.05, 3.63) is 18.1 Å². The SMILES string of the molecule is COc1ccnc(CN=C(N)NC(C)C)n1. The van der Waals surface area contributed by atoms with E-state index >= 15 is 0 Å². The number of rotatable bonds is 4. The van der Waals surface area contributed by atoms with Crippen molar-refractivity contribution >= 4 is 5.96 Å². The molecular formula is C10H17N5O. The smallest absolute Gasteiger partial charge is 0.216 e. The van der Waals surface area contributed by atoms with E-state index in [4.69, 9.17) is 10.5 Å². The van der Waals surface area contributed by atoms with Gasteiger partial charge in [-0.25, -0.2) is 9.98 Å². The highest BCUT2D eigenvalue weighted by Gasteiger charge is 1.99. The molecule has 1 heterocycles. The van der Waals surface area contributed by atoms with Crippen molar-refractivity contribution in [2.45, 2.75) is 26.4 Å². The van der Waals surface area contributed by atoms with Gasteiger partial charge in [0.15, 0.2) is 11.8 Å². The van der Waals surface area contributed by atoms with E-state index in [2.05, 4.69) is 20.3 Å². The van der Waals surface area contributed by atoms with Crippen LogP contribution in [0.3, 0.4) is 0 Å². The molecule has 6 heteroatoms. The Morgan fingerprint density at radius 2 is 2.38 bits per heavy atom. The normalized spacial score (nSPS) is 11.6. The van der Waals surface area contributed by atoms with Crippen molar-refractivity contribution in [3.63, 3.8) is 0 Å². The number of nitrogens with two attached hydrogens (primary N) is 1. The fourth-order valence-electron chi connectivity index (χ4n) is 1.07. The summed E-state index contributed by atoms with van der Waals surface area (Å²) in [6.45, 7) is 4.32. The first-order valence-corrected chi connectivity index (χ1v) is 5.04. The number of hydrogen-bond donors (Lipinski definition) is 2. The molecule has 3 N–H and O–H groups in total. The minimum Gasteiger partial charge on any atom is -0.481 e. The Balaban J connectivity index is 2.59. The third-order valence-electron chi connectivity index (χ3n) is 1.72. The first kappa shape index (κ1) is 12.2. The molecule has 0 aromatic carbocycles. The van der Waals surface area contributed by atoms with Gasteiger partial charge >= 0.3 is 0 Å². The molecule has 88 valence electrons. The second-order valence-electron chi connectivity index (χ2n) is 3.52. The van der Waals surface area contributed by atoms with E-state index in [1.54, 1.807) is 19.4 Å². The summed E-state index contributed by atoms with van der Waals surface area (Å²) in [5, 5.41) is 2.98. The van der Waals surface area contributed by atoms with Gasteiger partial charge in [0.2, 0.25) is 5.88 Å². The lowest BCUT2D eigenvalue weighted by atomic mass is 10.4. The van der Waals surface area contributed by atoms with Crippen molar-refractivity contribution < 1.29 is 4.74 Å². The molecule has 1 rings (SSSR count). The molecule has 0 bridgehead atoms. The molecule has 0 aliphatic rings. The summed E-state index contributed by atoms with van der Waals surface area (Å²) in [5.41, 5.74) is 5.65. The molecule has 1 aromatic heterocycles. The van der Waals surface area contributed by atoms with Crippen LogP contribution in [0.5, 0.6) is 5.88 Å². The lowest BCUT2D eigenvalue weighted by Crippen LogP contribution is -2.36. The predicted octanol–water partition coefficient (Wildman–Crippen LogP) is 0.298. The van der Waals surface area contributed by atoms with Crippen molar-refractivity contribution in [1.29, 1.82) is 0 Å². The molecule has 0 saturated carbocycles. The van der Waals surface area contributed by atoms with Gasteiger partial charge < -0.3 is 15.8 Å². The summed E-state index contributed by atoms with van der Waals surface area (Å²) in [4.78, 5) is 12.3. The standard InChI is InChI=1S/C10H17N5O/c1-7(2)14-10(11)13-6-8-12-5-4-9(15-8)16-3/h4-5,7H,6H2,1-3H3,(H3,11,13,14). The molecule has 0 saturated heterocycles. The molecule has 0 aliphatic carbocycles. The van der Waals surface area contributed by atoms with E-state index < -0.39 is 0 Å². The molecule has 16 heavy (non-hydrogen) atoms. The van der Waals surface area contributed by atoms with Crippen LogP contribution in [0, 0.1) is 0 Å². The Bertz CT molecular complexity index is 364. The fraction of sp³-hybridized carbons (Fsp3) is 0.500. The van der Waals surface area contributed by atoms with Gasteiger partial charge in [-0.15, -0.1) is 0 Å². The molecule has 0 aliphatic heterocycles. The monoisotopic (exact) mass is 223 g/mol. The van der Waals surface area contributed by atoms with Crippen LogP contribution < -0.4 is 15.8 Å². The average Bonchev–Trinajstić information content (AvgIpc) is 2.26. The van der Waals surface area contributed by atoms with Crippen LogP contribution in [0.2, 0.25) is 0 Å². The van der Waals surface area contributed by atoms with Crippen LogP contribution in [0.4, 0.5) is 0 Å². The minimum atomic E-state index is 0.259. The maximum Gasteiger partial charge on any atom is 0.216 e. The van der Waals surface area contributed by atoms with E-state index in [1.807, 2.05) is 13.8 Å². The third kappa shape index (κ3) is 4.12. The Labute approximate surface area is 95.0 Å². The Morgan fingerprint density at radius 1 is 1.62 bits per heavy atom. The maximum absolute atomic E-state index is 5.65.